The van der Waals surface area contributed by atoms with Crippen LogP contribution in [0.2, 0.25) is 0 Å². The van der Waals surface area contributed by atoms with Crippen molar-refractivity contribution >= 4 is 38.5 Å². The van der Waals surface area contributed by atoms with E-state index in [1.807, 2.05) is 30.3 Å². The predicted octanol–water partition coefficient (Wildman–Crippen LogP) is 7.99. The van der Waals surface area contributed by atoms with Crippen LogP contribution in [0.3, 0.4) is 0 Å². The van der Waals surface area contributed by atoms with Gasteiger partial charge in [0.15, 0.2) is 0 Å². The molecule has 3 aromatic carbocycles. The zero-order valence-electron chi connectivity index (χ0n) is 25.5. The molecule has 1 N–H and O–H groups in total. The highest BCUT2D eigenvalue weighted by molar-refractivity contribution is 7.90. The van der Waals surface area contributed by atoms with E-state index in [-0.39, 0.29) is 17.2 Å². The van der Waals surface area contributed by atoms with Crippen molar-refractivity contribution in [3.8, 4) is 22.8 Å². The van der Waals surface area contributed by atoms with E-state index in [1.54, 1.807) is 37.4 Å². The largest absolute Gasteiger partial charge is 0.497 e. The van der Waals surface area contributed by atoms with E-state index in [1.165, 1.54) is 31.9 Å². The number of carbonyl (C=O) groups excluding carboxylic acids is 1. The number of methoxy groups -OCH3 is 1. The smallest absolute Gasteiger partial charge is 0.387 e. The molecular weight excluding hydrogens is 598 g/mol. The molecule has 0 bridgehead atoms. The number of amides is 1. The van der Waals surface area contributed by atoms with E-state index in [2.05, 4.69) is 9.29 Å². The lowest BCUT2D eigenvalue weighted by molar-refractivity contribution is -0.0500. The van der Waals surface area contributed by atoms with Crippen LogP contribution in [0.5, 0.6) is 11.5 Å². The van der Waals surface area contributed by atoms with Crippen LogP contribution in [0, 0.1) is 0 Å². The van der Waals surface area contributed by atoms with Crippen molar-refractivity contribution in [2.24, 2.45) is 0 Å². The van der Waals surface area contributed by atoms with Gasteiger partial charge in [0.1, 0.15) is 11.5 Å². The Kier molecular flexibility index (Phi) is 8.43. The summed E-state index contributed by atoms with van der Waals surface area (Å²) in [4.78, 5) is 13.2. The molecule has 4 aromatic rings. The predicted molar refractivity (Wildman–Crippen MR) is 172 cm³/mol. The lowest BCUT2D eigenvalue weighted by atomic mass is 9.81. The van der Waals surface area contributed by atoms with Crippen molar-refractivity contribution in [2.45, 2.75) is 70.3 Å². The number of carbonyl (C=O) groups is 1. The molecule has 1 aromatic heterocycles. The number of nitrogens with zero attached hydrogens (tertiary/aromatic N) is 1. The topological polar surface area (TPSA) is 86.6 Å². The van der Waals surface area contributed by atoms with Gasteiger partial charge in [-0.15, -0.1) is 0 Å². The number of para-hydroxylation sites is 1. The molecular formula is C35H36F2N2O5S. The molecule has 45 heavy (non-hydrogen) atoms. The maximum absolute atomic E-state index is 13.5. The number of allylic oxidation sites excluding steroid dienone is 1. The summed E-state index contributed by atoms with van der Waals surface area (Å²) in [5, 5.41) is 0.213. The van der Waals surface area contributed by atoms with Crippen LogP contribution in [0.4, 0.5) is 8.78 Å². The van der Waals surface area contributed by atoms with Gasteiger partial charge < -0.3 is 14.0 Å². The van der Waals surface area contributed by atoms with Crippen molar-refractivity contribution in [2.75, 3.05) is 7.11 Å². The Morgan fingerprint density at radius 2 is 1.73 bits per heavy atom. The van der Waals surface area contributed by atoms with E-state index in [9.17, 15) is 22.0 Å². The average Bonchev–Trinajstić information content (AvgIpc) is 3.23. The van der Waals surface area contributed by atoms with Gasteiger partial charge in [-0.25, -0.2) is 13.1 Å². The number of hydrogen-bond acceptors (Lipinski definition) is 5. The van der Waals surface area contributed by atoms with Crippen molar-refractivity contribution in [3.63, 3.8) is 0 Å². The minimum Gasteiger partial charge on any atom is -0.497 e. The number of benzene rings is 3. The van der Waals surface area contributed by atoms with E-state index in [0.29, 0.717) is 17.9 Å². The number of halogens is 2. The molecule has 1 aliphatic heterocycles. The quantitative estimate of drug-likeness (QED) is 0.212. The molecule has 1 amide bonds. The molecule has 1 saturated carbocycles. The van der Waals surface area contributed by atoms with E-state index in [4.69, 9.17) is 9.47 Å². The van der Waals surface area contributed by atoms with E-state index < -0.39 is 27.8 Å². The van der Waals surface area contributed by atoms with Crippen LogP contribution in [0.15, 0.2) is 60.7 Å². The van der Waals surface area contributed by atoms with Crippen LogP contribution in [0.25, 0.3) is 33.8 Å². The van der Waals surface area contributed by atoms with Gasteiger partial charge in [-0.3, -0.25) is 4.79 Å². The Morgan fingerprint density at radius 1 is 0.978 bits per heavy atom. The SMILES string of the molecule is COc1ccc2c(c1)C=C(c1ccccc1OC(F)F)Cn1c-2c(C2CCCCC2)c2ccc(C(=O)NS(=O)(=O)C(C)C)cc21. The molecule has 2 heterocycles. The Labute approximate surface area is 261 Å². The van der Waals surface area contributed by atoms with Crippen LogP contribution < -0.4 is 14.2 Å². The summed E-state index contributed by atoms with van der Waals surface area (Å²) in [6, 6.07) is 17.9. The molecule has 6 rings (SSSR count). The highest BCUT2D eigenvalue weighted by Crippen LogP contribution is 2.48. The Balaban J connectivity index is 1.61. The summed E-state index contributed by atoms with van der Waals surface area (Å²) >= 11 is 0. The fourth-order valence-electron chi connectivity index (χ4n) is 6.58. The number of hydrogen-bond donors (Lipinski definition) is 1. The molecule has 0 unspecified atom stereocenters. The number of ether oxygens (including phenoxy) is 2. The summed E-state index contributed by atoms with van der Waals surface area (Å²) in [7, 11) is -2.24. The van der Waals surface area contributed by atoms with Crippen LogP contribution in [-0.4, -0.2) is 37.9 Å². The van der Waals surface area contributed by atoms with Crippen molar-refractivity contribution in [3.05, 3.63) is 82.9 Å². The lowest BCUT2D eigenvalue weighted by Crippen LogP contribution is -2.35. The van der Waals surface area contributed by atoms with Gasteiger partial charge in [-0.1, -0.05) is 43.5 Å². The molecule has 1 fully saturated rings. The number of sulfonamides is 1. The van der Waals surface area contributed by atoms with Gasteiger partial charge >= 0.3 is 6.61 Å². The average molecular weight is 635 g/mol. The van der Waals surface area contributed by atoms with Gasteiger partial charge in [0.2, 0.25) is 10.0 Å². The second kappa shape index (κ2) is 12.3. The van der Waals surface area contributed by atoms with Crippen LogP contribution >= 0.6 is 0 Å². The summed E-state index contributed by atoms with van der Waals surface area (Å²) in [5.74, 6) is 0.306. The normalized spacial score (nSPS) is 15.4. The third kappa shape index (κ3) is 5.95. The van der Waals surface area contributed by atoms with Crippen LogP contribution in [0.1, 0.15) is 78.9 Å². The number of rotatable bonds is 8. The molecule has 7 nitrogen and oxygen atoms in total. The second-order valence-corrected chi connectivity index (χ2v) is 14.2. The summed E-state index contributed by atoms with van der Waals surface area (Å²) in [6.45, 7) is 0.332. The summed E-state index contributed by atoms with van der Waals surface area (Å²) < 4.78 is 66.9. The summed E-state index contributed by atoms with van der Waals surface area (Å²) in [5.41, 5.74) is 6.26. The molecule has 10 heteroatoms. The minimum absolute atomic E-state index is 0.0644. The number of fused-ring (bicyclic) bond motifs is 5. The zero-order chi connectivity index (χ0) is 31.9. The van der Waals surface area contributed by atoms with E-state index >= 15 is 0 Å². The van der Waals surface area contributed by atoms with Crippen molar-refractivity contribution in [1.29, 1.82) is 0 Å². The van der Waals surface area contributed by atoms with Gasteiger partial charge in [-0.05, 0) is 91.8 Å². The molecule has 2 aliphatic rings. The first-order valence-electron chi connectivity index (χ1n) is 15.2. The highest BCUT2D eigenvalue weighted by atomic mass is 32.2. The van der Waals surface area contributed by atoms with Gasteiger partial charge in [0, 0.05) is 34.1 Å². The minimum atomic E-state index is -3.84. The molecule has 0 spiro atoms. The fourth-order valence-corrected chi connectivity index (χ4v) is 7.19. The fraction of sp³-hybridized carbons (Fsp3) is 0.343. The maximum atomic E-state index is 13.5. The first-order chi connectivity index (χ1) is 21.6. The van der Waals surface area contributed by atoms with Crippen LogP contribution in [-0.2, 0) is 16.6 Å². The Hall–Kier alpha value is -4.18. The van der Waals surface area contributed by atoms with Crippen molar-refractivity contribution in [1.82, 2.24) is 9.29 Å². The third-order valence-corrected chi connectivity index (χ3v) is 10.6. The monoisotopic (exact) mass is 634 g/mol. The molecule has 1 aliphatic carbocycles. The van der Waals surface area contributed by atoms with E-state index in [0.717, 1.165) is 59.0 Å². The second-order valence-electron chi connectivity index (χ2n) is 11.9. The van der Waals surface area contributed by atoms with Gasteiger partial charge in [0.25, 0.3) is 5.91 Å². The Morgan fingerprint density at radius 3 is 2.44 bits per heavy atom. The number of nitrogens with one attached hydrogen (secondary N) is 1. The standard InChI is InChI=1S/C35H36F2N2O5S/c1-21(2)45(41,42)38-34(40)23-13-15-29-30(19-23)39-20-25(27-11-7-8-12-31(27)44-35(36)37)17-24-18-26(43-3)14-16-28(24)33(39)32(29)22-9-5-4-6-10-22/h7-8,11-19,21-22,35H,4-6,9-10,20H2,1-3H3,(H,38,40). The Bertz CT molecular complexity index is 1910. The molecule has 0 radical (unpaired) electrons. The van der Waals surface area contributed by atoms with Gasteiger partial charge in [0.05, 0.1) is 18.1 Å². The first kappa shape index (κ1) is 30.8. The lowest BCUT2D eigenvalue weighted by Gasteiger charge is -2.24. The zero-order valence-corrected chi connectivity index (χ0v) is 26.3. The van der Waals surface area contributed by atoms with Gasteiger partial charge in [-0.2, -0.15) is 8.78 Å². The number of alkyl halides is 2. The summed E-state index contributed by atoms with van der Waals surface area (Å²) in [6.07, 6.45) is 7.44. The van der Waals surface area contributed by atoms with Crippen molar-refractivity contribution < 1.29 is 31.5 Å². The first-order valence-corrected chi connectivity index (χ1v) is 16.8. The third-order valence-electron chi connectivity index (χ3n) is 8.86. The molecule has 0 atom stereocenters. The molecule has 0 saturated heterocycles. The molecule has 236 valence electrons. The number of aromatic nitrogens is 1. The highest BCUT2D eigenvalue weighted by Gasteiger charge is 2.31. The maximum Gasteiger partial charge on any atom is 0.387 e.